The average molecular weight is 360 g/mol. The third-order valence-electron chi connectivity index (χ3n) is 3.73. The van der Waals surface area contributed by atoms with Gasteiger partial charge in [-0.1, -0.05) is 37.3 Å². The SMILES string of the molecule is CCN(Cc1ccccc1)S(=O)(=O)c1ccc(C(=O)NC(C)C)cc1. The summed E-state index contributed by atoms with van der Waals surface area (Å²) in [5.74, 6) is -0.212. The summed E-state index contributed by atoms with van der Waals surface area (Å²) < 4.78 is 27.1. The van der Waals surface area contributed by atoms with E-state index >= 15 is 0 Å². The quantitative estimate of drug-likeness (QED) is 0.825. The van der Waals surface area contributed by atoms with Crippen LogP contribution in [0.5, 0.6) is 0 Å². The Morgan fingerprint density at radius 3 is 2.16 bits per heavy atom. The maximum absolute atomic E-state index is 12.9. The van der Waals surface area contributed by atoms with Gasteiger partial charge in [0.25, 0.3) is 5.91 Å². The first kappa shape index (κ1) is 19.1. The summed E-state index contributed by atoms with van der Waals surface area (Å²) >= 11 is 0. The fourth-order valence-corrected chi connectivity index (χ4v) is 3.86. The van der Waals surface area contributed by atoms with Crippen molar-refractivity contribution in [2.45, 2.75) is 38.3 Å². The molecular weight excluding hydrogens is 336 g/mol. The lowest BCUT2D eigenvalue weighted by Crippen LogP contribution is -2.31. The van der Waals surface area contributed by atoms with E-state index in [2.05, 4.69) is 5.32 Å². The van der Waals surface area contributed by atoms with Crippen LogP contribution in [-0.2, 0) is 16.6 Å². The zero-order valence-electron chi connectivity index (χ0n) is 14.8. The zero-order chi connectivity index (χ0) is 18.4. The Labute approximate surface area is 149 Å². The Morgan fingerprint density at radius 2 is 1.64 bits per heavy atom. The Bertz CT molecular complexity index is 800. The third kappa shape index (κ3) is 4.90. The van der Waals surface area contributed by atoms with Crippen molar-refractivity contribution in [3.63, 3.8) is 0 Å². The molecule has 0 saturated carbocycles. The number of carbonyl (C=O) groups excluding carboxylic acids is 1. The van der Waals surface area contributed by atoms with Gasteiger partial charge in [-0.3, -0.25) is 4.79 Å². The second-order valence-electron chi connectivity index (χ2n) is 6.07. The molecule has 0 bridgehead atoms. The standard InChI is InChI=1S/C19H24N2O3S/c1-4-21(14-16-8-6-5-7-9-16)25(23,24)18-12-10-17(11-13-18)19(22)20-15(2)3/h5-13,15H,4,14H2,1-3H3,(H,20,22). The highest BCUT2D eigenvalue weighted by molar-refractivity contribution is 7.89. The molecule has 0 fully saturated rings. The fraction of sp³-hybridized carbons (Fsp3) is 0.316. The molecule has 6 heteroatoms. The van der Waals surface area contributed by atoms with Crippen LogP contribution in [0.25, 0.3) is 0 Å². The third-order valence-corrected chi connectivity index (χ3v) is 5.66. The van der Waals surface area contributed by atoms with Crippen LogP contribution in [0.1, 0.15) is 36.7 Å². The lowest BCUT2D eigenvalue weighted by Gasteiger charge is -2.20. The molecule has 0 aliphatic heterocycles. The maximum Gasteiger partial charge on any atom is 0.251 e. The van der Waals surface area contributed by atoms with E-state index in [1.165, 1.54) is 16.4 Å². The number of sulfonamides is 1. The molecule has 0 unspecified atom stereocenters. The van der Waals surface area contributed by atoms with Crippen LogP contribution in [0.2, 0.25) is 0 Å². The van der Waals surface area contributed by atoms with Crippen molar-refractivity contribution in [2.75, 3.05) is 6.54 Å². The van der Waals surface area contributed by atoms with Gasteiger partial charge in [0.1, 0.15) is 0 Å². The van der Waals surface area contributed by atoms with E-state index in [0.717, 1.165) is 5.56 Å². The molecule has 1 amide bonds. The molecule has 0 aliphatic rings. The number of rotatable bonds is 7. The van der Waals surface area contributed by atoms with Crippen molar-refractivity contribution < 1.29 is 13.2 Å². The van der Waals surface area contributed by atoms with Crippen LogP contribution < -0.4 is 5.32 Å². The molecule has 0 aromatic heterocycles. The highest BCUT2D eigenvalue weighted by Crippen LogP contribution is 2.19. The highest BCUT2D eigenvalue weighted by atomic mass is 32.2. The van der Waals surface area contributed by atoms with Gasteiger partial charge < -0.3 is 5.32 Å². The largest absolute Gasteiger partial charge is 0.350 e. The molecule has 0 radical (unpaired) electrons. The van der Waals surface area contributed by atoms with Crippen LogP contribution in [0.15, 0.2) is 59.5 Å². The fourth-order valence-electron chi connectivity index (χ4n) is 2.43. The maximum atomic E-state index is 12.9. The van der Waals surface area contributed by atoms with Crippen LogP contribution in [0.3, 0.4) is 0 Å². The highest BCUT2D eigenvalue weighted by Gasteiger charge is 2.23. The summed E-state index contributed by atoms with van der Waals surface area (Å²) in [6.07, 6.45) is 0. The van der Waals surface area contributed by atoms with Crippen molar-refractivity contribution in [1.29, 1.82) is 0 Å². The van der Waals surface area contributed by atoms with Crippen LogP contribution in [0, 0.1) is 0 Å². The number of nitrogens with one attached hydrogen (secondary N) is 1. The summed E-state index contributed by atoms with van der Waals surface area (Å²) in [6.45, 7) is 6.24. The number of carbonyl (C=O) groups is 1. The zero-order valence-corrected chi connectivity index (χ0v) is 15.6. The lowest BCUT2D eigenvalue weighted by molar-refractivity contribution is 0.0943. The monoisotopic (exact) mass is 360 g/mol. The number of amides is 1. The Kier molecular flexibility index (Phi) is 6.33. The first-order valence-corrected chi connectivity index (χ1v) is 9.73. The predicted octanol–water partition coefficient (Wildman–Crippen LogP) is 3.04. The van der Waals surface area contributed by atoms with E-state index in [9.17, 15) is 13.2 Å². The minimum absolute atomic E-state index is 0.0253. The molecule has 0 atom stereocenters. The van der Waals surface area contributed by atoms with E-state index in [1.807, 2.05) is 51.1 Å². The molecule has 0 spiro atoms. The summed E-state index contributed by atoms with van der Waals surface area (Å²) in [5.41, 5.74) is 1.37. The van der Waals surface area contributed by atoms with Gasteiger partial charge in [-0.25, -0.2) is 8.42 Å². The minimum atomic E-state index is -3.61. The van der Waals surface area contributed by atoms with E-state index in [1.54, 1.807) is 12.1 Å². The van der Waals surface area contributed by atoms with Gasteiger partial charge >= 0.3 is 0 Å². The molecule has 5 nitrogen and oxygen atoms in total. The van der Waals surface area contributed by atoms with Crippen LogP contribution in [0.4, 0.5) is 0 Å². The normalized spacial score (nSPS) is 11.7. The number of nitrogens with zero attached hydrogens (tertiary/aromatic N) is 1. The number of hydrogen-bond donors (Lipinski definition) is 1. The Hall–Kier alpha value is -2.18. The molecule has 2 aromatic carbocycles. The molecule has 134 valence electrons. The van der Waals surface area contributed by atoms with Gasteiger partial charge in [-0.15, -0.1) is 0 Å². The molecule has 0 aliphatic carbocycles. The molecule has 0 saturated heterocycles. The molecule has 0 heterocycles. The summed E-state index contributed by atoms with van der Waals surface area (Å²) in [4.78, 5) is 12.2. The summed E-state index contributed by atoms with van der Waals surface area (Å²) in [6, 6.07) is 15.6. The van der Waals surface area contributed by atoms with E-state index < -0.39 is 10.0 Å². The molecule has 2 aromatic rings. The summed E-state index contributed by atoms with van der Waals surface area (Å²) in [5, 5.41) is 2.79. The Morgan fingerprint density at radius 1 is 1.04 bits per heavy atom. The number of benzene rings is 2. The second kappa shape index (κ2) is 8.27. The molecular formula is C19H24N2O3S. The molecule has 2 rings (SSSR count). The van der Waals surface area contributed by atoms with Crippen molar-refractivity contribution in [2.24, 2.45) is 0 Å². The Balaban J connectivity index is 2.21. The van der Waals surface area contributed by atoms with Gasteiger partial charge in [0, 0.05) is 24.7 Å². The minimum Gasteiger partial charge on any atom is -0.350 e. The number of hydrogen-bond acceptors (Lipinski definition) is 3. The smallest absolute Gasteiger partial charge is 0.251 e. The van der Waals surface area contributed by atoms with Crippen LogP contribution in [-0.4, -0.2) is 31.2 Å². The van der Waals surface area contributed by atoms with E-state index in [0.29, 0.717) is 18.7 Å². The van der Waals surface area contributed by atoms with Crippen LogP contribution >= 0.6 is 0 Å². The molecule has 25 heavy (non-hydrogen) atoms. The van der Waals surface area contributed by atoms with E-state index in [-0.39, 0.29) is 16.8 Å². The van der Waals surface area contributed by atoms with Crippen molar-refractivity contribution in [3.8, 4) is 0 Å². The van der Waals surface area contributed by atoms with Gasteiger partial charge in [0.15, 0.2) is 0 Å². The average Bonchev–Trinajstić information content (AvgIpc) is 2.60. The van der Waals surface area contributed by atoms with Crippen molar-refractivity contribution in [1.82, 2.24) is 9.62 Å². The van der Waals surface area contributed by atoms with Crippen molar-refractivity contribution in [3.05, 3.63) is 65.7 Å². The van der Waals surface area contributed by atoms with E-state index in [4.69, 9.17) is 0 Å². The van der Waals surface area contributed by atoms with Gasteiger partial charge in [-0.2, -0.15) is 4.31 Å². The van der Waals surface area contributed by atoms with Gasteiger partial charge in [-0.05, 0) is 43.7 Å². The lowest BCUT2D eigenvalue weighted by atomic mass is 10.2. The topological polar surface area (TPSA) is 66.5 Å². The summed E-state index contributed by atoms with van der Waals surface area (Å²) in [7, 11) is -3.61. The first-order chi connectivity index (χ1) is 11.8. The van der Waals surface area contributed by atoms with Crippen molar-refractivity contribution >= 4 is 15.9 Å². The second-order valence-corrected chi connectivity index (χ2v) is 8.01. The predicted molar refractivity (Wildman–Crippen MR) is 98.8 cm³/mol. The molecule has 1 N–H and O–H groups in total. The first-order valence-electron chi connectivity index (χ1n) is 8.29. The van der Waals surface area contributed by atoms with Gasteiger partial charge in [0.05, 0.1) is 4.90 Å². The van der Waals surface area contributed by atoms with Gasteiger partial charge in [0.2, 0.25) is 10.0 Å².